The molecule has 1 aliphatic heterocycles. The normalized spacial score (nSPS) is 17.8. The number of imidazole rings is 1. The van der Waals surface area contributed by atoms with Gasteiger partial charge in [0.2, 0.25) is 0 Å². The minimum absolute atomic E-state index is 0.0561. The van der Waals surface area contributed by atoms with Gasteiger partial charge in [-0.25, -0.2) is 4.98 Å². The van der Waals surface area contributed by atoms with Gasteiger partial charge in [-0.1, -0.05) is 0 Å². The smallest absolute Gasteiger partial charge is 0.255 e. The third-order valence-electron chi connectivity index (χ3n) is 4.37. The van der Waals surface area contributed by atoms with E-state index in [1.54, 1.807) is 0 Å². The summed E-state index contributed by atoms with van der Waals surface area (Å²) < 4.78 is 7.64. The van der Waals surface area contributed by atoms with Crippen molar-refractivity contribution < 1.29 is 9.53 Å². The number of aryl methyl sites for hydroxylation is 1. The Balaban J connectivity index is 1.78. The Hall–Kier alpha value is -1.92. The van der Waals surface area contributed by atoms with E-state index in [-0.39, 0.29) is 12.0 Å². The Morgan fingerprint density at radius 1 is 1.33 bits per heavy atom. The summed E-state index contributed by atoms with van der Waals surface area (Å²) in [6.45, 7) is 4.96. The molecule has 0 radical (unpaired) electrons. The van der Waals surface area contributed by atoms with Gasteiger partial charge in [0.05, 0.1) is 17.4 Å². The van der Waals surface area contributed by atoms with Crippen LogP contribution in [-0.4, -0.2) is 71.5 Å². The van der Waals surface area contributed by atoms with Crippen molar-refractivity contribution >= 4 is 11.6 Å². The zero-order valence-corrected chi connectivity index (χ0v) is 14.7. The molecule has 2 aromatic rings. The van der Waals surface area contributed by atoms with Gasteiger partial charge < -0.3 is 18.9 Å². The second-order valence-corrected chi connectivity index (χ2v) is 6.75. The van der Waals surface area contributed by atoms with Crippen LogP contribution in [0.25, 0.3) is 5.65 Å². The Labute approximate surface area is 143 Å². The van der Waals surface area contributed by atoms with Crippen LogP contribution in [0.1, 0.15) is 28.9 Å². The molecule has 130 valence electrons. The van der Waals surface area contributed by atoms with Crippen molar-refractivity contribution in [3.8, 4) is 0 Å². The molecule has 0 aliphatic carbocycles. The fourth-order valence-electron chi connectivity index (χ4n) is 3.06. The molecule has 1 saturated heterocycles. The van der Waals surface area contributed by atoms with E-state index in [4.69, 9.17) is 4.74 Å². The predicted molar refractivity (Wildman–Crippen MR) is 93.4 cm³/mol. The maximum atomic E-state index is 13.0. The minimum Gasteiger partial charge on any atom is -0.376 e. The van der Waals surface area contributed by atoms with Crippen molar-refractivity contribution in [2.45, 2.75) is 25.9 Å². The molecule has 0 unspecified atom stereocenters. The van der Waals surface area contributed by atoms with Gasteiger partial charge in [0.1, 0.15) is 5.65 Å². The number of amides is 1. The molecular formula is C18H26N4O2. The van der Waals surface area contributed by atoms with Crippen molar-refractivity contribution in [1.82, 2.24) is 19.2 Å². The van der Waals surface area contributed by atoms with Crippen LogP contribution in [0.3, 0.4) is 0 Å². The van der Waals surface area contributed by atoms with Gasteiger partial charge in [-0.05, 0) is 46.0 Å². The zero-order valence-electron chi connectivity index (χ0n) is 14.7. The molecule has 3 rings (SSSR count). The molecule has 0 bridgehead atoms. The lowest BCUT2D eigenvalue weighted by Gasteiger charge is -2.27. The first-order valence-electron chi connectivity index (χ1n) is 8.54. The molecule has 24 heavy (non-hydrogen) atoms. The lowest BCUT2D eigenvalue weighted by Crippen LogP contribution is -2.41. The number of fused-ring (bicyclic) bond motifs is 1. The van der Waals surface area contributed by atoms with E-state index < -0.39 is 0 Å². The molecule has 3 heterocycles. The summed E-state index contributed by atoms with van der Waals surface area (Å²) in [5.74, 6) is 0.0561. The third-order valence-corrected chi connectivity index (χ3v) is 4.37. The highest BCUT2D eigenvalue weighted by atomic mass is 16.5. The van der Waals surface area contributed by atoms with Crippen LogP contribution in [0.4, 0.5) is 0 Å². The van der Waals surface area contributed by atoms with Crippen LogP contribution >= 0.6 is 0 Å². The molecular weight excluding hydrogens is 304 g/mol. The Bertz CT molecular complexity index is 704. The lowest BCUT2D eigenvalue weighted by molar-refractivity contribution is 0.0511. The van der Waals surface area contributed by atoms with Crippen LogP contribution in [0.5, 0.6) is 0 Å². The maximum Gasteiger partial charge on any atom is 0.255 e. The summed E-state index contributed by atoms with van der Waals surface area (Å²) in [7, 11) is 4.05. The molecule has 1 aliphatic rings. The van der Waals surface area contributed by atoms with Gasteiger partial charge in [-0.15, -0.1) is 0 Å². The molecule has 0 N–H and O–H groups in total. The molecule has 1 atom stereocenters. The fourth-order valence-corrected chi connectivity index (χ4v) is 3.06. The molecule has 6 nitrogen and oxygen atoms in total. The highest BCUT2D eigenvalue weighted by Gasteiger charge is 2.23. The molecule has 6 heteroatoms. The Morgan fingerprint density at radius 3 is 2.88 bits per heavy atom. The third kappa shape index (κ3) is 3.94. The second-order valence-electron chi connectivity index (χ2n) is 6.75. The summed E-state index contributed by atoms with van der Waals surface area (Å²) in [5, 5.41) is 0. The topological polar surface area (TPSA) is 50.1 Å². The average molecular weight is 330 g/mol. The molecule has 1 amide bonds. The first kappa shape index (κ1) is 16.9. The van der Waals surface area contributed by atoms with E-state index in [1.165, 1.54) is 0 Å². The van der Waals surface area contributed by atoms with Gasteiger partial charge in [0, 0.05) is 38.6 Å². The summed E-state index contributed by atoms with van der Waals surface area (Å²) in [4.78, 5) is 21.4. The lowest BCUT2D eigenvalue weighted by atomic mass is 10.2. The van der Waals surface area contributed by atoms with Gasteiger partial charge in [-0.2, -0.15) is 0 Å². The monoisotopic (exact) mass is 330 g/mol. The highest BCUT2D eigenvalue weighted by Crippen LogP contribution is 2.16. The molecule has 0 aromatic carbocycles. The molecule has 0 spiro atoms. The van der Waals surface area contributed by atoms with Crippen molar-refractivity contribution in [2.75, 3.05) is 40.3 Å². The van der Waals surface area contributed by atoms with Crippen molar-refractivity contribution in [3.05, 3.63) is 35.8 Å². The fraction of sp³-hybridized carbons (Fsp3) is 0.556. The first-order chi connectivity index (χ1) is 11.5. The number of rotatable bonds is 6. The number of carbonyl (C=O) groups is 1. The van der Waals surface area contributed by atoms with Crippen molar-refractivity contribution in [2.24, 2.45) is 0 Å². The summed E-state index contributed by atoms with van der Waals surface area (Å²) in [6.07, 6.45) is 6.09. The number of nitrogens with zero attached hydrogens (tertiary/aromatic N) is 4. The van der Waals surface area contributed by atoms with Crippen molar-refractivity contribution in [3.63, 3.8) is 0 Å². The highest BCUT2D eigenvalue weighted by molar-refractivity contribution is 5.94. The second kappa shape index (κ2) is 7.32. The standard InChI is InChI=1S/C18H26N4O2/c1-14-11-22-12-15(6-7-17(22)19-14)18(23)21(9-8-20(2)3)13-16-5-4-10-24-16/h6-7,11-12,16H,4-5,8-10,13H2,1-3H3/t16-/m0/s1. The van der Waals surface area contributed by atoms with Crippen LogP contribution in [0, 0.1) is 6.92 Å². The quantitative estimate of drug-likeness (QED) is 0.811. The van der Waals surface area contributed by atoms with E-state index in [1.807, 2.05) is 54.8 Å². The van der Waals surface area contributed by atoms with Gasteiger partial charge >= 0.3 is 0 Å². The van der Waals surface area contributed by atoms with E-state index in [0.29, 0.717) is 18.7 Å². The van der Waals surface area contributed by atoms with E-state index in [2.05, 4.69) is 9.88 Å². The van der Waals surface area contributed by atoms with Gasteiger partial charge in [0.25, 0.3) is 5.91 Å². The van der Waals surface area contributed by atoms with Crippen LogP contribution < -0.4 is 0 Å². The summed E-state index contributed by atoms with van der Waals surface area (Å²) >= 11 is 0. The van der Waals surface area contributed by atoms with Gasteiger partial charge in [-0.3, -0.25) is 4.79 Å². The van der Waals surface area contributed by atoms with Crippen LogP contribution in [-0.2, 0) is 4.74 Å². The average Bonchev–Trinajstić information content (AvgIpc) is 3.17. The molecule has 2 aromatic heterocycles. The number of ether oxygens (including phenoxy) is 1. The number of hydrogen-bond acceptors (Lipinski definition) is 4. The SMILES string of the molecule is Cc1cn2cc(C(=O)N(CCN(C)C)C[C@@H]3CCCO3)ccc2n1. The Morgan fingerprint density at radius 2 is 2.17 bits per heavy atom. The number of aromatic nitrogens is 2. The van der Waals surface area contributed by atoms with Gasteiger partial charge in [0.15, 0.2) is 0 Å². The molecule has 1 fully saturated rings. The summed E-state index contributed by atoms with van der Waals surface area (Å²) in [6, 6.07) is 3.76. The van der Waals surface area contributed by atoms with E-state index in [0.717, 1.165) is 37.3 Å². The first-order valence-corrected chi connectivity index (χ1v) is 8.54. The summed E-state index contributed by atoms with van der Waals surface area (Å²) in [5.41, 5.74) is 2.50. The van der Waals surface area contributed by atoms with E-state index >= 15 is 0 Å². The van der Waals surface area contributed by atoms with Crippen LogP contribution in [0.2, 0.25) is 0 Å². The zero-order chi connectivity index (χ0) is 17.1. The largest absolute Gasteiger partial charge is 0.376 e. The number of hydrogen-bond donors (Lipinski definition) is 0. The maximum absolute atomic E-state index is 13.0. The molecule has 0 saturated carbocycles. The van der Waals surface area contributed by atoms with Crippen molar-refractivity contribution in [1.29, 1.82) is 0 Å². The van der Waals surface area contributed by atoms with E-state index in [9.17, 15) is 4.79 Å². The minimum atomic E-state index is 0.0561. The number of likely N-dealkylation sites (N-methyl/N-ethyl adjacent to an activating group) is 1. The van der Waals surface area contributed by atoms with Crippen LogP contribution in [0.15, 0.2) is 24.5 Å². The predicted octanol–water partition coefficient (Wildman–Crippen LogP) is 1.83. The number of carbonyl (C=O) groups excluding carboxylic acids is 1. The number of pyridine rings is 1. The Kier molecular flexibility index (Phi) is 5.16.